The van der Waals surface area contributed by atoms with Crippen molar-refractivity contribution in [2.45, 2.75) is 38.6 Å². The van der Waals surface area contributed by atoms with Gasteiger partial charge in [-0.25, -0.2) is 9.48 Å². The minimum atomic E-state index is -0.951. The first-order valence-electron chi connectivity index (χ1n) is 6.81. The van der Waals surface area contributed by atoms with Crippen molar-refractivity contribution in [3.05, 3.63) is 23.8 Å². The molecule has 0 unspecified atom stereocenters. The number of aromatic carboxylic acids is 1. The molecule has 1 aliphatic rings. The SMILES string of the molecule is O=C(O)c1cccc2c1nnn2CCC1CCCC1. The molecular weight excluding hydrogens is 242 g/mol. The Morgan fingerprint density at radius 1 is 1.37 bits per heavy atom. The molecule has 1 heterocycles. The third-order valence-electron chi connectivity index (χ3n) is 4.00. The summed E-state index contributed by atoms with van der Waals surface area (Å²) < 4.78 is 1.83. The fourth-order valence-electron chi connectivity index (χ4n) is 2.93. The molecule has 100 valence electrons. The van der Waals surface area contributed by atoms with E-state index in [9.17, 15) is 4.79 Å². The minimum Gasteiger partial charge on any atom is -0.478 e. The lowest BCUT2D eigenvalue weighted by Crippen LogP contribution is -2.05. The Morgan fingerprint density at radius 2 is 2.16 bits per heavy atom. The van der Waals surface area contributed by atoms with E-state index in [2.05, 4.69) is 10.3 Å². The highest BCUT2D eigenvalue weighted by atomic mass is 16.4. The maximum atomic E-state index is 11.1. The Bertz CT molecular complexity index is 600. The third-order valence-corrected chi connectivity index (χ3v) is 4.00. The van der Waals surface area contributed by atoms with Crippen LogP contribution in [0.1, 0.15) is 42.5 Å². The molecule has 0 aliphatic heterocycles. The van der Waals surface area contributed by atoms with Crippen molar-refractivity contribution >= 4 is 17.0 Å². The number of aromatic nitrogens is 3. The molecule has 1 saturated carbocycles. The number of rotatable bonds is 4. The van der Waals surface area contributed by atoms with Crippen LogP contribution in [0.25, 0.3) is 11.0 Å². The summed E-state index contributed by atoms with van der Waals surface area (Å²) in [5.74, 6) is -0.157. The van der Waals surface area contributed by atoms with Gasteiger partial charge in [0.2, 0.25) is 0 Å². The molecule has 3 rings (SSSR count). The Morgan fingerprint density at radius 3 is 2.89 bits per heavy atom. The van der Waals surface area contributed by atoms with Crippen molar-refractivity contribution in [1.29, 1.82) is 0 Å². The Balaban J connectivity index is 1.84. The summed E-state index contributed by atoms with van der Waals surface area (Å²) in [6.07, 6.45) is 6.41. The number of benzene rings is 1. The smallest absolute Gasteiger partial charge is 0.338 e. The van der Waals surface area contributed by atoms with E-state index in [0.29, 0.717) is 5.52 Å². The molecule has 1 aromatic carbocycles. The average molecular weight is 259 g/mol. The van der Waals surface area contributed by atoms with Gasteiger partial charge in [0.1, 0.15) is 5.52 Å². The molecule has 1 N–H and O–H groups in total. The van der Waals surface area contributed by atoms with Gasteiger partial charge in [0, 0.05) is 6.54 Å². The van der Waals surface area contributed by atoms with E-state index in [1.54, 1.807) is 12.1 Å². The van der Waals surface area contributed by atoms with Crippen LogP contribution in [0.4, 0.5) is 0 Å². The quantitative estimate of drug-likeness (QED) is 0.916. The van der Waals surface area contributed by atoms with Gasteiger partial charge in [0.15, 0.2) is 0 Å². The topological polar surface area (TPSA) is 68.0 Å². The fourth-order valence-corrected chi connectivity index (χ4v) is 2.93. The molecule has 0 saturated heterocycles. The maximum Gasteiger partial charge on any atom is 0.338 e. The van der Waals surface area contributed by atoms with E-state index in [1.807, 2.05) is 10.7 Å². The lowest BCUT2D eigenvalue weighted by Gasteiger charge is -2.08. The normalized spacial score (nSPS) is 16.2. The molecule has 2 aromatic rings. The predicted molar refractivity (Wildman–Crippen MR) is 71.1 cm³/mol. The van der Waals surface area contributed by atoms with Gasteiger partial charge < -0.3 is 5.11 Å². The standard InChI is InChI=1S/C14H17N3O2/c18-14(19)11-6-3-7-12-13(11)15-16-17(12)9-8-10-4-1-2-5-10/h3,6-7,10H,1-2,4-5,8-9H2,(H,18,19). The van der Waals surface area contributed by atoms with Gasteiger partial charge in [-0.3, -0.25) is 0 Å². The second kappa shape index (κ2) is 4.99. The molecule has 0 radical (unpaired) electrons. The number of carbonyl (C=O) groups is 1. The highest BCUT2D eigenvalue weighted by molar-refractivity contribution is 6.00. The third kappa shape index (κ3) is 2.32. The molecule has 1 aliphatic carbocycles. The summed E-state index contributed by atoms with van der Waals surface area (Å²) in [6, 6.07) is 5.21. The summed E-state index contributed by atoms with van der Waals surface area (Å²) in [5.41, 5.74) is 1.53. The zero-order chi connectivity index (χ0) is 13.2. The lowest BCUT2D eigenvalue weighted by atomic mass is 10.0. The van der Waals surface area contributed by atoms with E-state index in [1.165, 1.54) is 25.7 Å². The molecule has 19 heavy (non-hydrogen) atoms. The Kier molecular flexibility index (Phi) is 3.19. The van der Waals surface area contributed by atoms with Crippen molar-refractivity contribution in [2.24, 2.45) is 5.92 Å². The van der Waals surface area contributed by atoms with Crippen LogP contribution in [0, 0.1) is 5.92 Å². The van der Waals surface area contributed by atoms with Gasteiger partial charge in [-0.1, -0.05) is 37.0 Å². The summed E-state index contributed by atoms with van der Waals surface area (Å²) in [7, 11) is 0. The van der Waals surface area contributed by atoms with Gasteiger partial charge >= 0.3 is 5.97 Å². The fraction of sp³-hybridized carbons (Fsp3) is 0.500. The van der Waals surface area contributed by atoms with E-state index in [0.717, 1.165) is 24.4 Å². The Hall–Kier alpha value is -1.91. The molecule has 5 nitrogen and oxygen atoms in total. The molecule has 0 spiro atoms. The zero-order valence-corrected chi connectivity index (χ0v) is 10.7. The van der Waals surface area contributed by atoms with Crippen LogP contribution < -0.4 is 0 Å². The number of carboxylic acids is 1. The molecule has 1 fully saturated rings. The molecule has 0 bridgehead atoms. The van der Waals surface area contributed by atoms with Gasteiger partial charge in [0.25, 0.3) is 0 Å². The van der Waals surface area contributed by atoms with Gasteiger partial charge in [-0.05, 0) is 24.5 Å². The number of carboxylic acid groups (broad SMARTS) is 1. The van der Waals surface area contributed by atoms with E-state index < -0.39 is 5.97 Å². The zero-order valence-electron chi connectivity index (χ0n) is 10.7. The van der Waals surface area contributed by atoms with Crippen molar-refractivity contribution in [3.63, 3.8) is 0 Å². The number of fused-ring (bicyclic) bond motifs is 1. The lowest BCUT2D eigenvalue weighted by molar-refractivity contribution is 0.0699. The minimum absolute atomic E-state index is 0.226. The van der Waals surface area contributed by atoms with Crippen LogP contribution in [0.3, 0.4) is 0 Å². The largest absolute Gasteiger partial charge is 0.478 e. The highest BCUT2D eigenvalue weighted by Crippen LogP contribution is 2.28. The van der Waals surface area contributed by atoms with Gasteiger partial charge in [-0.2, -0.15) is 0 Å². The second-order valence-electron chi connectivity index (χ2n) is 5.23. The average Bonchev–Trinajstić information content (AvgIpc) is 3.05. The summed E-state index contributed by atoms with van der Waals surface area (Å²) in [6.45, 7) is 0.824. The summed E-state index contributed by atoms with van der Waals surface area (Å²) in [5, 5.41) is 17.2. The van der Waals surface area contributed by atoms with E-state index in [-0.39, 0.29) is 5.56 Å². The summed E-state index contributed by atoms with van der Waals surface area (Å²) >= 11 is 0. The second-order valence-corrected chi connectivity index (χ2v) is 5.23. The summed E-state index contributed by atoms with van der Waals surface area (Å²) in [4.78, 5) is 11.1. The maximum absolute atomic E-state index is 11.1. The molecule has 1 aromatic heterocycles. The number of aryl methyl sites for hydroxylation is 1. The van der Waals surface area contributed by atoms with Crippen molar-refractivity contribution in [2.75, 3.05) is 0 Å². The van der Waals surface area contributed by atoms with Gasteiger partial charge in [0.05, 0.1) is 11.1 Å². The van der Waals surface area contributed by atoms with Crippen LogP contribution in [-0.2, 0) is 6.54 Å². The number of hydrogen-bond acceptors (Lipinski definition) is 3. The van der Waals surface area contributed by atoms with Gasteiger partial charge in [-0.15, -0.1) is 5.10 Å². The first-order valence-corrected chi connectivity index (χ1v) is 6.81. The number of hydrogen-bond donors (Lipinski definition) is 1. The number of nitrogens with zero attached hydrogens (tertiary/aromatic N) is 3. The molecule has 0 amide bonds. The van der Waals surface area contributed by atoms with Crippen LogP contribution in [0.15, 0.2) is 18.2 Å². The van der Waals surface area contributed by atoms with Crippen LogP contribution in [0.5, 0.6) is 0 Å². The van der Waals surface area contributed by atoms with Crippen LogP contribution in [-0.4, -0.2) is 26.1 Å². The predicted octanol–water partition coefficient (Wildman–Crippen LogP) is 2.71. The molecular formula is C14H17N3O2. The molecule has 5 heteroatoms. The Labute approximate surface area is 111 Å². The van der Waals surface area contributed by atoms with Crippen molar-refractivity contribution in [1.82, 2.24) is 15.0 Å². The van der Waals surface area contributed by atoms with Crippen molar-refractivity contribution in [3.8, 4) is 0 Å². The van der Waals surface area contributed by atoms with Crippen LogP contribution >= 0.6 is 0 Å². The van der Waals surface area contributed by atoms with Crippen LogP contribution in [0.2, 0.25) is 0 Å². The van der Waals surface area contributed by atoms with E-state index >= 15 is 0 Å². The molecule has 0 atom stereocenters. The highest BCUT2D eigenvalue weighted by Gasteiger charge is 2.17. The first kappa shape index (κ1) is 12.1. The monoisotopic (exact) mass is 259 g/mol. The van der Waals surface area contributed by atoms with E-state index in [4.69, 9.17) is 5.11 Å². The first-order chi connectivity index (χ1) is 9.25. The van der Waals surface area contributed by atoms with Crippen molar-refractivity contribution < 1.29 is 9.90 Å².